The second-order valence-electron chi connectivity index (χ2n) is 3.07. The molecule has 1 N–H and O–H groups in total. The van der Waals surface area contributed by atoms with Gasteiger partial charge in [0.1, 0.15) is 17.6 Å². The molecule has 0 bridgehead atoms. The highest BCUT2D eigenvalue weighted by atomic mass is 16.3. The molecule has 0 atom stereocenters. The zero-order chi connectivity index (χ0) is 10.7. The number of nitriles is 1. The van der Waals surface area contributed by atoms with E-state index in [1.165, 1.54) is 0 Å². The minimum atomic E-state index is 0.330. The molecule has 5 nitrogen and oxygen atoms in total. The van der Waals surface area contributed by atoms with Crippen LogP contribution in [0.3, 0.4) is 0 Å². The van der Waals surface area contributed by atoms with Crippen molar-refractivity contribution >= 4 is 5.82 Å². The predicted molar refractivity (Wildman–Crippen MR) is 54.0 cm³/mol. The normalized spacial score (nSPS) is 9.87. The van der Waals surface area contributed by atoms with Crippen molar-refractivity contribution in [1.29, 1.82) is 5.26 Å². The van der Waals surface area contributed by atoms with E-state index in [0.29, 0.717) is 12.3 Å². The Morgan fingerprint density at radius 1 is 1.53 bits per heavy atom. The third-order valence-corrected chi connectivity index (χ3v) is 2.04. The molecule has 5 heteroatoms. The van der Waals surface area contributed by atoms with E-state index in [4.69, 9.17) is 9.68 Å². The van der Waals surface area contributed by atoms with Crippen molar-refractivity contribution in [3.63, 3.8) is 0 Å². The van der Waals surface area contributed by atoms with Gasteiger partial charge in [-0.25, -0.2) is 0 Å². The Labute approximate surface area is 86.9 Å². The average molecular weight is 202 g/mol. The van der Waals surface area contributed by atoms with Crippen molar-refractivity contribution in [1.82, 2.24) is 9.78 Å². The molecule has 0 saturated heterocycles. The van der Waals surface area contributed by atoms with Crippen LogP contribution in [-0.2, 0) is 13.6 Å². The van der Waals surface area contributed by atoms with Crippen LogP contribution in [0.1, 0.15) is 11.5 Å². The van der Waals surface area contributed by atoms with Crippen molar-refractivity contribution in [2.75, 3.05) is 5.32 Å². The van der Waals surface area contributed by atoms with E-state index >= 15 is 0 Å². The standard InChI is InChI=1S/C10H10N4O/c1-14-10(4-5-13-14)12-7-9-3-2-8(6-11)15-9/h2-5,12H,7H2,1H3. The molecule has 0 aromatic carbocycles. The zero-order valence-electron chi connectivity index (χ0n) is 8.27. The van der Waals surface area contributed by atoms with Crippen molar-refractivity contribution < 1.29 is 4.42 Å². The van der Waals surface area contributed by atoms with E-state index in [-0.39, 0.29) is 0 Å². The number of aryl methyl sites for hydroxylation is 1. The first kappa shape index (κ1) is 9.34. The number of nitrogens with zero attached hydrogens (tertiary/aromatic N) is 3. The Morgan fingerprint density at radius 3 is 3.00 bits per heavy atom. The summed E-state index contributed by atoms with van der Waals surface area (Å²) >= 11 is 0. The van der Waals surface area contributed by atoms with Crippen LogP contribution in [0.4, 0.5) is 5.82 Å². The molecule has 2 rings (SSSR count). The fraction of sp³-hybridized carbons (Fsp3) is 0.200. The van der Waals surface area contributed by atoms with Gasteiger partial charge in [0.15, 0.2) is 0 Å². The van der Waals surface area contributed by atoms with Gasteiger partial charge >= 0.3 is 0 Å². The molecule has 0 radical (unpaired) electrons. The summed E-state index contributed by atoms with van der Waals surface area (Å²) < 4.78 is 6.95. The lowest BCUT2D eigenvalue weighted by molar-refractivity contribution is 0.505. The monoisotopic (exact) mass is 202 g/mol. The van der Waals surface area contributed by atoms with Gasteiger partial charge in [0.2, 0.25) is 5.76 Å². The molecular formula is C10H10N4O. The number of anilines is 1. The number of aromatic nitrogens is 2. The molecule has 76 valence electrons. The maximum Gasteiger partial charge on any atom is 0.203 e. The molecule has 2 heterocycles. The average Bonchev–Trinajstić information content (AvgIpc) is 2.84. The maximum atomic E-state index is 8.57. The second kappa shape index (κ2) is 3.88. The van der Waals surface area contributed by atoms with Crippen molar-refractivity contribution in [2.45, 2.75) is 6.54 Å². The van der Waals surface area contributed by atoms with Crippen LogP contribution < -0.4 is 5.32 Å². The van der Waals surface area contributed by atoms with Gasteiger partial charge in [-0.2, -0.15) is 10.4 Å². The summed E-state index contributed by atoms with van der Waals surface area (Å²) in [6, 6.07) is 7.24. The Kier molecular flexibility index (Phi) is 2.42. The summed E-state index contributed by atoms with van der Waals surface area (Å²) in [5.41, 5.74) is 0. The minimum absolute atomic E-state index is 0.330. The van der Waals surface area contributed by atoms with E-state index in [0.717, 1.165) is 11.6 Å². The molecular weight excluding hydrogens is 192 g/mol. The molecule has 0 aliphatic heterocycles. The summed E-state index contributed by atoms with van der Waals surface area (Å²) in [5, 5.41) is 15.7. The molecule has 0 spiro atoms. The number of nitrogens with one attached hydrogen (secondary N) is 1. The van der Waals surface area contributed by atoms with Crippen LogP contribution in [0.2, 0.25) is 0 Å². The van der Waals surface area contributed by atoms with Crippen LogP contribution in [-0.4, -0.2) is 9.78 Å². The van der Waals surface area contributed by atoms with Gasteiger partial charge in [0.25, 0.3) is 0 Å². The fourth-order valence-corrected chi connectivity index (χ4v) is 1.26. The molecule has 2 aromatic heterocycles. The lowest BCUT2D eigenvalue weighted by Crippen LogP contribution is -2.03. The molecule has 2 aromatic rings. The first-order chi connectivity index (χ1) is 7.29. The first-order valence-corrected chi connectivity index (χ1v) is 4.50. The Hall–Kier alpha value is -2.22. The predicted octanol–water partition coefficient (Wildman–Crippen LogP) is 1.50. The number of rotatable bonds is 3. The molecule has 0 aliphatic carbocycles. The highest BCUT2D eigenvalue weighted by Crippen LogP contribution is 2.10. The lowest BCUT2D eigenvalue weighted by atomic mass is 10.4. The maximum absolute atomic E-state index is 8.57. The number of hydrogen-bond donors (Lipinski definition) is 1. The molecule has 0 saturated carbocycles. The van der Waals surface area contributed by atoms with Gasteiger partial charge in [0, 0.05) is 13.1 Å². The van der Waals surface area contributed by atoms with E-state index in [1.807, 2.05) is 19.2 Å². The molecule has 0 fully saturated rings. The van der Waals surface area contributed by atoms with E-state index in [9.17, 15) is 0 Å². The summed E-state index contributed by atoms with van der Waals surface area (Å²) in [6.45, 7) is 0.543. The van der Waals surface area contributed by atoms with Gasteiger partial charge in [-0.15, -0.1) is 0 Å². The zero-order valence-corrected chi connectivity index (χ0v) is 8.27. The van der Waals surface area contributed by atoms with Gasteiger partial charge in [-0.1, -0.05) is 0 Å². The van der Waals surface area contributed by atoms with Gasteiger partial charge in [-0.3, -0.25) is 4.68 Å². The molecule has 0 aliphatic rings. The minimum Gasteiger partial charge on any atom is -0.449 e. The highest BCUT2D eigenvalue weighted by molar-refractivity contribution is 5.34. The summed E-state index contributed by atoms with van der Waals surface area (Å²) in [7, 11) is 1.85. The Balaban J connectivity index is 2.00. The lowest BCUT2D eigenvalue weighted by Gasteiger charge is -2.03. The van der Waals surface area contributed by atoms with E-state index in [1.54, 1.807) is 23.0 Å². The largest absolute Gasteiger partial charge is 0.449 e. The quantitative estimate of drug-likeness (QED) is 0.818. The molecule has 0 unspecified atom stereocenters. The van der Waals surface area contributed by atoms with E-state index < -0.39 is 0 Å². The first-order valence-electron chi connectivity index (χ1n) is 4.50. The van der Waals surface area contributed by atoms with Crippen LogP contribution in [0.5, 0.6) is 0 Å². The van der Waals surface area contributed by atoms with Gasteiger partial charge in [0.05, 0.1) is 12.7 Å². The van der Waals surface area contributed by atoms with Gasteiger partial charge in [-0.05, 0) is 12.1 Å². The smallest absolute Gasteiger partial charge is 0.203 e. The topological polar surface area (TPSA) is 66.8 Å². The van der Waals surface area contributed by atoms with E-state index in [2.05, 4.69) is 10.4 Å². The van der Waals surface area contributed by atoms with Crippen molar-refractivity contribution in [3.05, 3.63) is 35.9 Å². The Morgan fingerprint density at radius 2 is 2.40 bits per heavy atom. The fourth-order valence-electron chi connectivity index (χ4n) is 1.26. The van der Waals surface area contributed by atoms with Crippen molar-refractivity contribution in [3.8, 4) is 6.07 Å². The SMILES string of the molecule is Cn1nccc1NCc1ccc(C#N)o1. The third kappa shape index (κ3) is 1.99. The van der Waals surface area contributed by atoms with Crippen molar-refractivity contribution in [2.24, 2.45) is 7.05 Å². The summed E-state index contributed by atoms with van der Waals surface area (Å²) in [5.74, 6) is 1.97. The van der Waals surface area contributed by atoms with Crippen LogP contribution in [0, 0.1) is 11.3 Å². The number of hydrogen-bond acceptors (Lipinski definition) is 4. The van der Waals surface area contributed by atoms with Crippen LogP contribution in [0.15, 0.2) is 28.8 Å². The van der Waals surface area contributed by atoms with Gasteiger partial charge < -0.3 is 9.73 Å². The molecule has 15 heavy (non-hydrogen) atoms. The van der Waals surface area contributed by atoms with Crippen LogP contribution in [0.25, 0.3) is 0 Å². The molecule has 0 amide bonds. The summed E-state index contributed by atoms with van der Waals surface area (Å²) in [4.78, 5) is 0. The second-order valence-corrected chi connectivity index (χ2v) is 3.07. The number of furan rings is 1. The third-order valence-electron chi connectivity index (χ3n) is 2.04. The highest BCUT2D eigenvalue weighted by Gasteiger charge is 2.02. The van der Waals surface area contributed by atoms with Crippen LogP contribution >= 0.6 is 0 Å². The Bertz CT molecular complexity index is 491. The summed E-state index contributed by atoms with van der Waals surface area (Å²) in [6.07, 6.45) is 1.71.